The van der Waals surface area contributed by atoms with E-state index < -0.39 is 5.92 Å². The van der Waals surface area contributed by atoms with Crippen molar-refractivity contribution in [3.8, 4) is 0 Å². The Labute approximate surface area is 157 Å². The molecule has 140 valence electrons. The molecule has 1 fully saturated rings. The number of hydrogen-bond acceptors (Lipinski definition) is 3. The van der Waals surface area contributed by atoms with Crippen LogP contribution in [0.3, 0.4) is 0 Å². The quantitative estimate of drug-likeness (QED) is 0.367. The number of benzene rings is 1. The van der Waals surface area contributed by atoms with E-state index in [1.54, 1.807) is 6.07 Å². The normalized spacial score (nSPS) is 18.0. The summed E-state index contributed by atoms with van der Waals surface area (Å²) in [5.74, 6) is -2.20. The smallest absolute Gasteiger partial charge is 0.251 e. The van der Waals surface area contributed by atoms with Crippen molar-refractivity contribution in [2.75, 3.05) is 30.5 Å². The van der Waals surface area contributed by atoms with Crippen molar-refractivity contribution in [3.63, 3.8) is 0 Å². The molecule has 7 heteroatoms. The molecule has 1 heterocycles. The monoisotopic (exact) mass is 392 g/mol. The van der Waals surface area contributed by atoms with E-state index in [9.17, 15) is 8.78 Å². The minimum Gasteiger partial charge on any atom is -0.481 e. The van der Waals surface area contributed by atoms with Crippen LogP contribution in [0, 0.1) is 5.41 Å². The molecule has 0 bridgehead atoms. The Kier molecular flexibility index (Phi) is 7.32. The summed E-state index contributed by atoms with van der Waals surface area (Å²) in [7, 11) is 0. The molecule has 2 rings (SSSR count). The number of alkyl halides is 3. The lowest BCUT2D eigenvalue weighted by Crippen LogP contribution is -2.39. The highest BCUT2D eigenvalue weighted by atomic mass is 35.5. The second-order valence-corrected chi connectivity index (χ2v) is 7.02. The topological polar surface area (TPSA) is 36.3 Å². The standard InChI is InChI=1S/C18H24Cl2F2N2O/c1-2-25-17(23)14(4-3-9-19)15-12-13(5-6-16(15)20)24-10-7-18(21,22)8-11-24/h5-6,12,14,23H,2-4,7-11H2,1H3. The zero-order chi connectivity index (χ0) is 18.4. The van der Waals surface area contributed by atoms with Gasteiger partial charge in [-0.1, -0.05) is 11.6 Å². The maximum absolute atomic E-state index is 13.4. The molecule has 1 aliphatic heterocycles. The molecule has 1 aromatic carbocycles. The summed E-state index contributed by atoms with van der Waals surface area (Å²) >= 11 is 12.2. The number of halogens is 4. The van der Waals surface area contributed by atoms with Gasteiger partial charge in [-0.25, -0.2) is 8.78 Å². The van der Waals surface area contributed by atoms with E-state index in [1.165, 1.54) is 0 Å². The van der Waals surface area contributed by atoms with Crippen molar-refractivity contribution >= 4 is 34.8 Å². The first-order valence-electron chi connectivity index (χ1n) is 8.57. The third-order valence-corrected chi connectivity index (χ3v) is 5.07. The molecule has 1 saturated heterocycles. The van der Waals surface area contributed by atoms with Gasteiger partial charge in [-0.3, -0.25) is 5.41 Å². The summed E-state index contributed by atoms with van der Waals surface area (Å²) < 4.78 is 32.2. The van der Waals surface area contributed by atoms with E-state index in [4.69, 9.17) is 33.3 Å². The van der Waals surface area contributed by atoms with Crippen LogP contribution in [0.5, 0.6) is 0 Å². The van der Waals surface area contributed by atoms with Gasteiger partial charge in [-0.2, -0.15) is 0 Å². The second-order valence-electron chi connectivity index (χ2n) is 6.23. The van der Waals surface area contributed by atoms with E-state index in [2.05, 4.69) is 0 Å². The zero-order valence-electron chi connectivity index (χ0n) is 14.3. The summed E-state index contributed by atoms with van der Waals surface area (Å²) in [4.78, 5) is 1.94. The van der Waals surface area contributed by atoms with Crippen molar-refractivity contribution in [1.82, 2.24) is 0 Å². The summed E-state index contributed by atoms with van der Waals surface area (Å²) in [5.41, 5.74) is 1.65. The van der Waals surface area contributed by atoms with E-state index in [1.807, 2.05) is 24.0 Å². The largest absolute Gasteiger partial charge is 0.481 e. The van der Waals surface area contributed by atoms with Gasteiger partial charge in [0.15, 0.2) is 5.90 Å². The molecular formula is C18H24Cl2F2N2O. The van der Waals surface area contributed by atoms with E-state index in [0.29, 0.717) is 37.0 Å². The molecule has 0 aromatic heterocycles. The molecule has 0 amide bonds. The fourth-order valence-corrected chi connectivity index (χ4v) is 3.46. The number of hydrogen-bond donors (Lipinski definition) is 1. The average molecular weight is 393 g/mol. The van der Waals surface area contributed by atoms with Gasteiger partial charge in [-0.05, 0) is 43.5 Å². The van der Waals surface area contributed by atoms with E-state index >= 15 is 0 Å². The van der Waals surface area contributed by atoms with Gasteiger partial charge in [0.1, 0.15) is 0 Å². The van der Waals surface area contributed by atoms with Gasteiger partial charge in [0.2, 0.25) is 0 Å². The SMILES string of the molecule is CCOC(=N)C(CCCCl)c1cc(N2CCC(F)(F)CC2)ccc1Cl. The number of nitrogens with zero attached hydrogens (tertiary/aromatic N) is 1. The number of nitrogens with one attached hydrogen (secondary N) is 1. The third-order valence-electron chi connectivity index (χ3n) is 4.46. The van der Waals surface area contributed by atoms with Crippen LogP contribution in [-0.4, -0.2) is 37.4 Å². The van der Waals surface area contributed by atoms with Crippen molar-refractivity contribution in [2.24, 2.45) is 0 Å². The maximum Gasteiger partial charge on any atom is 0.251 e. The van der Waals surface area contributed by atoms with Crippen LogP contribution in [0.15, 0.2) is 18.2 Å². The average Bonchev–Trinajstić information content (AvgIpc) is 2.57. The van der Waals surface area contributed by atoms with Gasteiger partial charge >= 0.3 is 0 Å². The second kappa shape index (κ2) is 9.04. The molecular weight excluding hydrogens is 369 g/mol. The molecule has 0 radical (unpaired) electrons. The maximum atomic E-state index is 13.4. The Bertz CT molecular complexity index is 588. The Morgan fingerprint density at radius 2 is 2.04 bits per heavy atom. The fraction of sp³-hybridized carbons (Fsp3) is 0.611. The van der Waals surface area contributed by atoms with Crippen LogP contribution in [0.1, 0.15) is 44.1 Å². The molecule has 0 saturated carbocycles. The van der Waals surface area contributed by atoms with Crippen LogP contribution in [0.2, 0.25) is 5.02 Å². The zero-order valence-corrected chi connectivity index (χ0v) is 15.8. The molecule has 1 N–H and O–H groups in total. The summed E-state index contributed by atoms with van der Waals surface area (Å²) in [6.45, 7) is 2.86. The highest BCUT2D eigenvalue weighted by Crippen LogP contribution is 2.35. The highest BCUT2D eigenvalue weighted by molar-refractivity contribution is 6.31. The van der Waals surface area contributed by atoms with Crippen LogP contribution >= 0.6 is 23.2 Å². The summed E-state index contributed by atoms with van der Waals surface area (Å²) in [5, 5.41) is 8.74. The molecule has 1 atom stereocenters. The Morgan fingerprint density at radius 1 is 1.36 bits per heavy atom. The van der Waals surface area contributed by atoms with Crippen molar-refractivity contribution in [1.29, 1.82) is 5.41 Å². The molecule has 0 aliphatic carbocycles. The lowest BCUT2D eigenvalue weighted by Gasteiger charge is -2.34. The number of ether oxygens (including phenoxy) is 1. The predicted octanol–water partition coefficient (Wildman–Crippen LogP) is 5.69. The molecule has 1 aliphatic rings. The molecule has 3 nitrogen and oxygen atoms in total. The van der Waals surface area contributed by atoms with Crippen molar-refractivity contribution < 1.29 is 13.5 Å². The highest BCUT2D eigenvalue weighted by Gasteiger charge is 2.34. The van der Waals surface area contributed by atoms with Crippen LogP contribution < -0.4 is 4.90 Å². The van der Waals surface area contributed by atoms with Crippen molar-refractivity contribution in [2.45, 2.75) is 44.4 Å². The Balaban J connectivity index is 2.24. The van der Waals surface area contributed by atoms with E-state index in [-0.39, 0.29) is 24.7 Å². The minimum atomic E-state index is -2.58. The van der Waals surface area contributed by atoms with Gasteiger partial charge in [0.05, 0.1) is 12.5 Å². The lowest BCUT2D eigenvalue weighted by molar-refractivity contribution is -0.0220. The molecule has 0 spiro atoms. The van der Waals surface area contributed by atoms with E-state index in [0.717, 1.165) is 17.7 Å². The first-order valence-corrected chi connectivity index (χ1v) is 9.48. The predicted molar refractivity (Wildman–Crippen MR) is 99.9 cm³/mol. The minimum absolute atomic E-state index is 0.143. The number of piperidine rings is 1. The third kappa shape index (κ3) is 5.45. The van der Waals surface area contributed by atoms with Crippen LogP contribution in [0.25, 0.3) is 0 Å². The van der Waals surface area contributed by atoms with Gasteiger partial charge in [0, 0.05) is 42.5 Å². The first-order chi connectivity index (χ1) is 11.9. The molecule has 25 heavy (non-hydrogen) atoms. The molecule has 1 aromatic rings. The van der Waals surface area contributed by atoms with Gasteiger partial charge in [0.25, 0.3) is 5.92 Å². The van der Waals surface area contributed by atoms with Crippen LogP contribution in [-0.2, 0) is 4.74 Å². The summed E-state index contributed by atoms with van der Waals surface area (Å²) in [6.07, 6.45) is 1.10. The lowest BCUT2D eigenvalue weighted by atomic mass is 9.93. The first kappa shape index (κ1) is 20.2. The van der Waals surface area contributed by atoms with Gasteiger partial charge in [-0.15, -0.1) is 11.6 Å². The Hall–Kier alpha value is -1.07. The molecule has 1 unspecified atom stereocenters. The number of anilines is 1. The van der Waals surface area contributed by atoms with Gasteiger partial charge < -0.3 is 9.64 Å². The number of rotatable bonds is 7. The Morgan fingerprint density at radius 3 is 2.64 bits per heavy atom. The fourth-order valence-electron chi connectivity index (χ4n) is 3.05. The summed E-state index contributed by atoms with van der Waals surface area (Å²) in [6, 6.07) is 5.52. The van der Waals surface area contributed by atoms with Crippen LogP contribution in [0.4, 0.5) is 14.5 Å². The van der Waals surface area contributed by atoms with Crippen molar-refractivity contribution in [3.05, 3.63) is 28.8 Å².